The molecule has 0 spiro atoms. The number of fused-ring (bicyclic) bond motifs is 2. The smallest absolute Gasteiger partial charge is 0.345 e. The molecule has 23 heavy (non-hydrogen) atoms. The van der Waals surface area contributed by atoms with Crippen LogP contribution in [0.1, 0.15) is 31.2 Å². The maximum Gasteiger partial charge on any atom is 0.471 e. The number of carbonyl (C=O) groups is 1. The van der Waals surface area contributed by atoms with Crippen molar-refractivity contribution in [2.24, 2.45) is 0 Å². The maximum absolute atomic E-state index is 12.4. The molecule has 7 heteroatoms. The van der Waals surface area contributed by atoms with Gasteiger partial charge in [0, 0.05) is 29.7 Å². The zero-order valence-corrected chi connectivity index (χ0v) is 13.2. The van der Waals surface area contributed by atoms with Gasteiger partial charge in [-0.1, -0.05) is 23.7 Å². The molecule has 2 bridgehead atoms. The Hall–Kier alpha value is -1.27. The summed E-state index contributed by atoms with van der Waals surface area (Å²) in [5, 5.41) is 2.83. The van der Waals surface area contributed by atoms with Gasteiger partial charge in [-0.25, -0.2) is 0 Å². The van der Waals surface area contributed by atoms with E-state index in [9.17, 15) is 18.0 Å². The van der Waals surface area contributed by atoms with Crippen molar-refractivity contribution in [2.45, 2.75) is 56.5 Å². The summed E-state index contributed by atoms with van der Waals surface area (Å²) in [5.74, 6) is -1.83. The van der Waals surface area contributed by atoms with Gasteiger partial charge >= 0.3 is 12.1 Å². The lowest BCUT2D eigenvalue weighted by atomic mass is 9.96. The van der Waals surface area contributed by atoms with Crippen molar-refractivity contribution in [3.63, 3.8) is 0 Å². The molecule has 126 valence electrons. The molecule has 2 aliphatic rings. The minimum Gasteiger partial charge on any atom is -0.345 e. The molecule has 2 atom stereocenters. The van der Waals surface area contributed by atoms with Gasteiger partial charge in [0.2, 0.25) is 0 Å². The topological polar surface area (TPSA) is 32.3 Å². The largest absolute Gasteiger partial charge is 0.471 e. The molecule has 2 unspecified atom stereocenters. The van der Waals surface area contributed by atoms with Gasteiger partial charge < -0.3 is 5.32 Å². The molecule has 3 rings (SSSR count). The number of hydrogen-bond acceptors (Lipinski definition) is 2. The van der Waals surface area contributed by atoms with Crippen molar-refractivity contribution >= 4 is 17.5 Å². The Morgan fingerprint density at radius 1 is 1.17 bits per heavy atom. The van der Waals surface area contributed by atoms with Gasteiger partial charge in [0.1, 0.15) is 0 Å². The summed E-state index contributed by atoms with van der Waals surface area (Å²) in [6, 6.07) is 7.69. The van der Waals surface area contributed by atoms with Crippen LogP contribution >= 0.6 is 11.6 Å². The summed E-state index contributed by atoms with van der Waals surface area (Å²) in [5.41, 5.74) is 1.14. The van der Waals surface area contributed by atoms with E-state index in [2.05, 4.69) is 10.2 Å². The monoisotopic (exact) mass is 346 g/mol. The summed E-state index contributed by atoms with van der Waals surface area (Å²) in [7, 11) is 0. The van der Waals surface area contributed by atoms with E-state index in [1.807, 2.05) is 24.3 Å². The normalized spacial score (nSPS) is 27.9. The summed E-state index contributed by atoms with van der Waals surface area (Å²) >= 11 is 5.88. The number of alkyl halides is 3. The van der Waals surface area contributed by atoms with Crippen LogP contribution in [-0.2, 0) is 11.3 Å². The first-order valence-corrected chi connectivity index (χ1v) is 8.08. The molecule has 1 aromatic rings. The summed E-state index contributed by atoms with van der Waals surface area (Å²) in [6.07, 6.45) is -1.72. The van der Waals surface area contributed by atoms with Crippen molar-refractivity contribution < 1.29 is 18.0 Å². The molecule has 1 N–H and O–H groups in total. The van der Waals surface area contributed by atoms with Gasteiger partial charge in [0.15, 0.2) is 0 Å². The van der Waals surface area contributed by atoms with Crippen LogP contribution in [0.2, 0.25) is 5.02 Å². The molecule has 2 aliphatic heterocycles. The maximum atomic E-state index is 12.4. The fourth-order valence-corrected chi connectivity index (χ4v) is 3.84. The Balaban J connectivity index is 1.61. The predicted octanol–water partition coefficient (Wildman–Crippen LogP) is 3.51. The Morgan fingerprint density at radius 3 is 2.26 bits per heavy atom. The number of nitrogens with zero attached hydrogens (tertiary/aromatic N) is 1. The van der Waals surface area contributed by atoms with E-state index >= 15 is 0 Å². The van der Waals surface area contributed by atoms with Crippen LogP contribution in [0.3, 0.4) is 0 Å². The first-order chi connectivity index (χ1) is 10.8. The van der Waals surface area contributed by atoms with Crippen molar-refractivity contribution in [3.05, 3.63) is 34.9 Å². The van der Waals surface area contributed by atoms with Crippen molar-refractivity contribution in [2.75, 3.05) is 0 Å². The van der Waals surface area contributed by atoms with Crippen LogP contribution < -0.4 is 5.32 Å². The number of piperidine rings is 1. The van der Waals surface area contributed by atoms with E-state index in [0.717, 1.165) is 24.9 Å². The first kappa shape index (κ1) is 16.6. The van der Waals surface area contributed by atoms with Crippen LogP contribution in [0.4, 0.5) is 13.2 Å². The number of carbonyl (C=O) groups excluding carboxylic acids is 1. The molecule has 3 nitrogen and oxygen atoms in total. The molecule has 1 aromatic carbocycles. The molecule has 0 radical (unpaired) electrons. The second kappa shape index (κ2) is 6.32. The van der Waals surface area contributed by atoms with Gasteiger partial charge in [0.25, 0.3) is 0 Å². The Bertz CT molecular complexity index is 562. The van der Waals surface area contributed by atoms with E-state index in [-0.39, 0.29) is 18.1 Å². The van der Waals surface area contributed by atoms with Crippen molar-refractivity contribution in [1.82, 2.24) is 10.2 Å². The first-order valence-electron chi connectivity index (χ1n) is 7.71. The Morgan fingerprint density at radius 2 is 1.74 bits per heavy atom. The highest BCUT2D eigenvalue weighted by molar-refractivity contribution is 6.30. The second-order valence-electron chi connectivity index (χ2n) is 6.32. The predicted molar refractivity (Wildman–Crippen MR) is 81.0 cm³/mol. The Kier molecular flexibility index (Phi) is 4.56. The molecule has 0 saturated carbocycles. The van der Waals surface area contributed by atoms with Crippen molar-refractivity contribution in [3.8, 4) is 0 Å². The molecular formula is C16H18ClF3N2O. The van der Waals surface area contributed by atoms with Crippen molar-refractivity contribution in [1.29, 1.82) is 0 Å². The average Bonchev–Trinajstić information content (AvgIpc) is 2.70. The number of halogens is 4. The number of rotatable bonds is 3. The average molecular weight is 347 g/mol. The molecule has 2 fully saturated rings. The zero-order valence-electron chi connectivity index (χ0n) is 12.4. The van der Waals surface area contributed by atoms with E-state index in [1.54, 1.807) is 0 Å². The fraction of sp³-hybridized carbons (Fsp3) is 0.562. The number of benzene rings is 1. The van der Waals surface area contributed by atoms with Crippen LogP contribution in [0.15, 0.2) is 24.3 Å². The van der Waals surface area contributed by atoms with E-state index in [1.165, 1.54) is 0 Å². The SMILES string of the molecule is O=C(NC1CC2CCC(C1)N2Cc1ccc(Cl)cc1)C(F)(F)F. The lowest BCUT2D eigenvalue weighted by molar-refractivity contribution is -0.174. The number of nitrogens with one attached hydrogen (secondary N) is 1. The van der Waals surface area contributed by atoms with Gasteiger partial charge in [-0.3, -0.25) is 9.69 Å². The van der Waals surface area contributed by atoms with Gasteiger partial charge in [-0.15, -0.1) is 0 Å². The second-order valence-corrected chi connectivity index (χ2v) is 6.76. The lowest BCUT2D eigenvalue weighted by Crippen LogP contribution is -2.52. The van der Waals surface area contributed by atoms with Crippen LogP contribution in [0.5, 0.6) is 0 Å². The number of hydrogen-bond donors (Lipinski definition) is 1. The minimum absolute atomic E-state index is 0.225. The summed E-state index contributed by atoms with van der Waals surface area (Å²) in [4.78, 5) is 13.5. The lowest BCUT2D eigenvalue weighted by Gasteiger charge is -2.39. The summed E-state index contributed by atoms with van der Waals surface area (Å²) in [6.45, 7) is 0.770. The standard InChI is InChI=1S/C16H18ClF3N2O/c17-11-3-1-10(2-4-11)9-22-13-5-6-14(22)8-12(7-13)21-15(23)16(18,19)20/h1-4,12-14H,5-9H2,(H,21,23). The van der Waals surface area contributed by atoms with Gasteiger partial charge in [-0.2, -0.15) is 13.2 Å². The molecule has 2 heterocycles. The third-order valence-corrected chi connectivity index (χ3v) is 5.01. The van der Waals surface area contributed by atoms with E-state index in [0.29, 0.717) is 17.9 Å². The quantitative estimate of drug-likeness (QED) is 0.908. The Labute approximate surface area is 137 Å². The highest BCUT2D eigenvalue weighted by atomic mass is 35.5. The third kappa shape index (κ3) is 3.80. The summed E-state index contributed by atoms with van der Waals surface area (Å²) < 4.78 is 37.1. The molecule has 1 amide bonds. The van der Waals surface area contributed by atoms with E-state index in [4.69, 9.17) is 11.6 Å². The van der Waals surface area contributed by atoms with Gasteiger partial charge in [0.05, 0.1) is 0 Å². The van der Waals surface area contributed by atoms with Crippen LogP contribution in [-0.4, -0.2) is 35.1 Å². The fourth-order valence-electron chi connectivity index (χ4n) is 3.72. The molecule has 0 aliphatic carbocycles. The number of amides is 1. The molecular weight excluding hydrogens is 329 g/mol. The highest BCUT2D eigenvalue weighted by Crippen LogP contribution is 2.37. The molecule has 2 saturated heterocycles. The minimum atomic E-state index is -4.81. The van der Waals surface area contributed by atoms with Crippen LogP contribution in [0.25, 0.3) is 0 Å². The van der Waals surface area contributed by atoms with E-state index < -0.39 is 12.1 Å². The highest BCUT2D eigenvalue weighted by Gasteiger charge is 2.44. The van der Waals surface area contributed by atoms with Crippen LogP contribution in [0, 0.1) is 0 Å². The molecule has 0 aromatic heterocycles. The third-order valence-electron chi connectivity index (χ3n) is 4.76. The zero-order chi connectivity index (χ0) is 16.6. The van der Waals surface area contributed by atoms with Gasteiger partial charge in [-0.05, 0) is 43.4 Å².